The lowest BCUT2D eigenvalue weighted by molar-refractivity contribution is 0.122. The van der Waals surface area contributed by atoms with E-state index >= 15 is 0 Å². The molecule has 0 saturated carbocycles. The number of benzene rings is 1. The number of nitrogens with two attached hydrogens (primary N) is 1. The van der Waals surface area contributed by atoms with Crippen LogP contribution in [-0.2, 0) is 11.3 Å². The Morgan fingerprint density at radius 2 is 1.93 bits per heavy atom. The van der Waals surface area contributed by atoms with E-state index in [2.05, 4.69) is 30.9 Å². The van der Waals surface area contributed by atoms with E-state index in [0.29, 0.717) is 54.2 Å². The van der Waals surface area contributed by atoms with Gasteiger partial charge in [0.05, 0.1) is 30.4 Å². The van der Waals surface area contributed by atoms with Gasteiger partial charge in [0.15, 0.2) is 5.82 Å². The topological polar surface area (TPSA) is 123 Å². The van der Waals surface area contributed by atoms with Crippen molar-refractivity contribution in [3.8, 4) is 29.1 Å². The van der Waals surface area contributed by atoms with Crippen molar-refractivity contribution < 1.29 is 9.47 Å². The number of aromatic nitrogens is 4. The molecule has 152 valence electrons. The number of aryl methyl sites for hydroxylation is 1. The molecule has 0 amide bonds. The van der Waals surface area contributed by atoms with Gasteiger partial charge >= 0.3 is 0 Å². The molecule has 0 aliphatic carbocycles. The van der Waals surface area contributed by atoms with Crippen LogP contribution in [0.25, 0.3) is 11.4 Å². The Morgan fingerprint density at radius 3 is 2.63 bits per heavy atom. The molecule has 9 nitrogen and oxygen atoms in total. The predicted octanol–water partition coefficient (Wildman–Crippen LogP) is 2.20. The van der Waals surface area contributed by atoms with Gasteiger partial charge in [-0.05, 0) is 25.1 Å². The second kappa shape index (κ2) is 8.82. The number of morpholine rings is 1. The summed E-state index contributed by atoms with van der Waals surface area (Å²) in [4.78, 5) is 19.8. The zero-order valence-corrected chi connectivity index (χ0v) is 16.6. The molecule has 1 aliphatic rings. The fourth-order valence-corrected chi connectivity index (χ4v) is 3.10. The minimum Gasteiger partial charge on any atom is -0.438 e. The van der Waals surface area contributed by atoms with Gasteiger partial charge in [-0.25, -0.2) is 15.0 Å². The number of anilines is 1. The van der Waals surface area contributed by atoms with Gasteiger partial charge in [0.25, 0.3) is 0 Å². The van der Waals surface area contributed by atoms with Crippen molar-refractivity contribution in [2.75, 3.05) is 31.2 Å². The average Bonchev–Trinajstić information content (AvgIpc) is 2.79. The molecule has 0 atom stereocenters. The monoisotopic (exact) mass is 403 g/mol. The Hall–Kier alpha value is -3.61. The molecular weight excluding hydrogens is 382 g/mol. The molecule has 1 fully saturated rings. The fraction of sp³-hybridized carbons (Fsp3) is 0.286. The SMILES string of the molecule is Cc1nc(Oc2cc(C#N)ccc2-c2ncc(CN)cn2)cc(N2CCOCC2)n1. The van der Waals surface area contributed by atoms with Crippen molar-refractivity contribution >= 4 is 5.82 Å². The van der Waals surface area contributed by atoms with Crippen molar-refractivity contribution in [3.05, 3.63) is 53.6 Å². The maximum atomic E-state index is 9.32. The second-order valence-corrected chi connectivity index (χ2v) is 6.75. The van der Waals surface area contributed by atoms with Crippen molar-refractivity contribution in [1.82, 2.24) is 19.9 Å². The molecule has 1 saturated heterocycles. The molecule has 0 unspecified atom stereocenters. The summed E-state index contributed by atoms with van der Waals surface area (Å²) < 4.78 is 11.5. The molecule has 2 N–H and O–H groups in total. The van der Waals surface area contributed by atoms with Gasteiger partial charge in [-0.15, -0.1) is 0 Å². The molecule has 1 aliphatic heterocycles. The van der Waals surface area contributed by atoms with Crippen LogP contribution in [0, 0.1) is 18.3 Å². The molecular formula is C21H21N7O2. The van der Waals surface area contributed by atoms with Crippen molar-refractivity contribution in [2.45, 2.75) is 13.5 Å². The summed E-state index contributed by atoms with van der Waals surface area (Å²) in [5.41, 5.74) is 7.58. The van der Waals surface area contributed by atoms with E-state index in [0.717, 1.165) is 24.5 Å². The Bertz CT molecular complexity index is 1070. The van der Waals surface area contributed by atoms with Gasteiger partial charge in [-0.3, -0.25) is 0 Å². The van der Waals surface area contributed by atoms with Crippen molar-refractivity contribution in [1.29, 1.82) is 5.26 Å². The molecule has 0 bridgehead atoms. The van der Waals surface area contributed by atoms with E-state index in [1.54, 1.807) is 36.7 Å². The van der Waals surface area contributed by atoms with Crippen LogP contribution in [-0.4, -0.2) is 46.2 Å². The summed E-state index contributed by atoms with van der Waals surface area (Å²) in [6, 6.07) is 9.04. The quantitative estimate of drug-likeness (QED) is 0.683. The van der Waals surface area contributed by atoms with Gasteiger partial charge in [-0.1, -0.05) is 0 Å². The molecule has 4 rings (SSSR count). The summed E-state index contributed by atoms with van der Waals surface area (Å²) in [6.07, 6.45) is 3.35. The first-order valence-corrected chi connectivity index (χ1v) is 9.58. The van der Waals surface area contributed by atoms with E-state index in [1.165, 1.54) is 0 Å². The van der Waals surface area contributed by atoms with E-state index in [1.807, 2.05) is 6.92 Å². The Kier molecular flexibility index (Phi) is 5.79. The minimum absolute atomic E-state index is 0.363. The highest BCUT2D eigenvalue weighted by Gasteiger charge is 2.17. The first-order chi connectivity index (χ1) is 14.7. The lowest BCUT2D eigenvalue weighted by Gasteiger charge is -2.28. The fourth-order valence-electron chi connectivity index (χ4n) is 3.10. The molecule has 3 aromatic rings. The summed E-state index contributed by atoms with van der Waals surface area (Å²) in [5, 5.41) is 9.32. The maximum Gasteiger partial charge on any atom is 0.224 e. The van der Waals surface area contributed by atoms with Crippen LogP contribution in [0.5, 0.6) is 11.6 Å². The van der Waals surface area contributed by atoms with E-state index in [4.69, 9.17) is 15.2 Å². The largest absolute Gasteiger partial charge is 0.438 e. The number of hydrogen-bond donors (Lipinski definition) is 1. The highest BCUT2D eigenvalue weighted by atomic mass is 16.5. The van der Waals surface area contributed by atoms with Gasteiger partial charge in [0, 0.05) is 43.7 Å². The molecule has 0 radical (unpaired) electrons. The second-order valence-electron chi connectivity index (χ2n) is 6.75. The zero-order valence-electron chi connectivity index (χ0n) is 16.6. The first-order valence-electron chi connectivity index (χ1n) is 9.58. The van der Waals surface area contributed by atoms with Crippen LogP contribution in [0.3, 0.4) is 0 Å². The number of ether oxygens (including phenoxy) is 2. The third kappa shape index (κ3) is 4.35. The van der Waals surface area contributed by atoms with Gasteiger partial charge < -0.3 is 20.1 Å². The number of rotatable bonds is 5. The van der Waals surface area contributed by atoms with Gasteiger partial charge in [0.1, 0.15) is 17.4 Å². The highest BCUT2D eigenvalue weighted by Crippen LogP contribution is 2.33. The lowest BCUT2D eigenvalue weighted by atomic mass is 10.1. The van der Waals surface area contributed by atoms with Crippen LogP contribution < -0.4 is 15.4 Å². The summed E-state index contributed by atoms with van der Waals surface area (Å²) in [6.45, 7) is 5.01. The number of nitriles is 1. The summed E-state index contributed by atoms with van der Waals surface area (Å²) in [5.74, 6) is 2.68. The van der Waals surface area contributed by atoms with Crippen LogP contribution >= 0.6 is 0 Å². The smallest absolute Gasteiger partial charge is 0.224 e. The van der Waals surface area contributed by atoms with E-state index in [9.17, 15) is 5.26 Å². The van der Waals surface area contributed by atoms with Crippen LogP contribution in [0.1, 0.15) is 17.0 Å². The zero-order chi connectivity index (χ0) is 20.9. The number of hydrogen-bond acceptors (Lipinski definition) is 9. The van der Waals surface area contributed by atoms with Crippen LogP contribution in [0.4, 0.5) is 5.82 Å². The predicted molar refractivity (Wildman–Crippen MR) is 110 cm³/mol. The Balaban J connectivity index is 1.69. The molecule has 1 aromatic carbocycles. The lowest BCUT2D eigenvalue weighted by Crippen LogP contribution is -2.36. The molecule has 0 spiro atoms. The summed E-state index contributed by atoms with van der Waals surface area (Å²) in [7, 11) is 0. The average molecular weight is 403 g/mol. The van der Waals surface area contributed by atoms with Crippen LogP contribution in [0.2, 0.25) is 0 Å². The third-order valence-corrected chi connectivity index (χ3v) is 4.64. The molecule has 30 heavy (non-hydrogen) atoms. The molecule has 3 heterocycles. The van der Waals surface area contributed by atoms with Crippen LogP contribution in [0.15, 0.2) is 36.7 Å². The standard InChI is InChI=1S/C21H21N7O2/c1-14-26-19(28-4-6-29-7-5-28)9-20(27-14)30-18-8-15(10-22)2-3-17(18)21-24-12-16(11-23)13-25-21/h2-3,8-9,12-13H,4-7,11,23H2,1H3. The minimum atomic E-state index is 0.363. The van der Waals surface area contributed by atoms with E-state index in [-0.39, 0.29) is 0 Å². The van der Waals surface area contributed by atoms with Crippen molar-refractivity contribution in [2.24, 2.45) is 5.73 Å². The van der Waals surface area contributed by atoms with Gasteiger partial charge in [-0.2, -0.15) is 10.2 Å². The first kappa shape index (κ1) is 19.7. The molecule has 2 aromatic heterocycles. The van der Waals surface area contributed by atoms with Crippen molar-refractivity contribution in [3.63, 3.8) is 0 Å². The van der Waals surface area contributed by atoms with Gasteiger partial charge in [0.2, 0.25) is 5.88 Å². The highest BCUT2D eigenvalue weighted by molar-refractivity contribution is 5.66. The summed E-state index contributed by atoms with van der Waals surface area (Å²) >= 11 is 0. The Labute approximate surface area is 174 Å². The third-order valence-electron chi connectivity index (χ3n) is 4.64. The Morgan fingerprint density at radius 1 is 1.17 bits per heavy atom. The van der Waals surface area contributed by atoms with E-state index < -0.39 is 0 Å². The number of nitrogens with zero attached hydrogens (tertiary/aromatic N) is 6. The molecule has 9 heteroatoms. The normalized spacial score (nSPS) is 13.7. The maximum absolute atomic E-state index is 9.32.